The Balaban J connectivity index is 1.95. The Bertz CT molecular complexity index is 1000. The molecule has 0 fully saturated rings. The Labute approximate surface area is 166 Å². The monoisotopic (exact) mass is 401 g/mol. The van der Waals surface area contributed by atoms with Crippen molar-refractivity contribution in [3.63, 3.8) is 0 Å². The summed E-state index contributed by atoms with van der Waals surface area (Å²) >= 11 is 1.27. The Kier molecular flexibility index (Phi) is 6.01. The van der Waals surface area contributed by atoms with E-state index in [9.17, 15) is 14.0 Å². The van der Waals surface area contributed by atoms with Crippen molar-refractivity contribution < 1.29 is 18.7 Å². The van der Waals surface area contributed by atoms with Crippen molar-refractivity contribution in [1.29, 1.82) is 0 Å². The first-order chi connectivity index (χ1) is 13.4. The second-order valence-electron chi connectivity index (χ2n) is 6.41. The summed E-state index contributed by atoms with van der Waals surface area (Å²) in [6.07, 6.45) is 0. The molecule has 28 heavy (non-hydrogen) atoms. The van der Waals surface area contributed by atoms with Gasteiger partial charge in [-0.2, -0.15) is 0 Å². The van der Waals surface area contributed by atoms with Gasteiger partial charge in [0, 0.05) is 18.7 Å². The molecule has 0 spiro atoms. The molecule has 3 rings (SSSR count). The summed E-state index contributed by atoms with van der Waals surface area (Å²) < 4.78 is 19.4. The number of benzene rings is 2. The van der Waals surface area contributed by atoms with Gasteiger partial charge in [0.1, 0.15) is 11.3 Å². The molecule has 146 valence electrons. The molecule has 0 N–H and O–H groups in total. The predicted octanol–water partition coefficient (Wildman–Crippen LogP) is 3.43. The predicted molar refractivity (Wildman–Crippen MR) is 108 cm³/mol. The lowest BCUT2D eigenvalue weighted by Gasteiger charge is -2.22. The fraction of sp³-hybridized carbons (Fsp3) is 0.250. The molecule has 0 unspecified atom stereocenters. The maximum absolute atomic E-state index is 14.0. The molecule has 0 aliphatic carbocycles. The number of aromatic nitrogens is 1. The number of fused-ring (bicyclic) bond motifs is 1. The molecule has 0 radical (unpaired) electrons. The van der Waals surface area contributed by atoms with Gasteiger partial charge in [-0.1, -0.05) is 17.4 Å². The fourth-order valence-electron chi connectivity index (χ4n) is 2.63. The molecule has 0 aliphatic heterocycles. The van der Waals surface area contributed by atoms with Gasteiger partial charge in [0.2, 0.25) is 0 Å². The average molecular weight is 401 g/mol. The summed E-state index contributed by atoms with van der Waals surface area (Å²) in [6, 6.07) is 11.0. The molecule has 6 nitrogen and oxygen atoms in total. The van der Waals surface area contributed by atoms with Crippen molar-refractivity contribution in [2.24, 2.45) is 0 Å². The summed E-state index contributed by atoms with van der Waals surface area (Å²) in [5, 5.41) is 0.434. The third-order valence-electron chi connectivity index (χ3n) is 4.16. The summed E-state index contributed by atoms with van der Waals surface area (Å²) in [5.74, 6) is -1.15. The lowest BCUT2D eigenvalue weighted by Crippen LogP contribution is -2.36. The molecule has 1 heterocycles. The van der Waals surface area contributed by atoms with Gasteiger partial charge >= 0.3 is 5.97 Å². The number of methoxy groups -OCH3 is 1. The molecule has 0 bridgehead atoms. The number of amides is 1. The van der Waals surface area contributed by atoms with Crippen LogP contribution in [-0.4, -0.2) is 56.1 Å². The van der Waals surface area contributed by atoms with Gasteiger partial charge in [-0.05, 0) is 50.5 Å². The number of para-hydroxylation sites is 1. The minimum Gasteiger partial charge on any atom is -0.465 e. The zero-order valence-electron chi connectivity index (χ0n) is 15.8. The van der Waals surface area contributed by atoms with E-state index in [0.717, 1.165) is 0 Å². The molecule has 1 amide bonds. The largest absolute Gasteiger partial charge is 0.465 e. The van der Waals surface area contributed by atoms with E-state index in [2.05, 4.69) is 9.72 Å². The number of anilines is 1. The van der Waals surface area contributed by atoms with E-state index in [4.69, 9.17) is 0 Å². The highest BCUT2D eigenvalue weighted by atomic mass is 32.1. The van der Waals surface area contributed by atoms with Crippen LogP contribution in [0.2, 0.25) is 0 Å². The van der Waals surface area contributed by atoms with Crippen LogP contribution in [0.1, 0.15) is 20.7 Å². The Morgan fingerprint density at radius 2 is 1.75 bits per heavy atom. The Morgan fingerprint density at radius 3 is 2.36 bits per heavy atom. The summed E-state index contributed by atoms with van der Waals surface area (Å²) in [5.41, 5.74) is 1.03. The van der Waals surface area contributed by atoms with Gasteiger partial charge in [0.05, 0.1) is 17.4 Å². The number of ether oxygens (including phenoxy) is 1. The van der Waals surface area contributed by atoms with E-state index in [1.165, 1.54) is 29.4 Å². The Hall–Kier alpha value is -2.84. The molecule has 8 heteroatoms. The van der Waals surface area contributed by atoms with Crippen LogP contribution in [0.25, 0.3) is 10.2 Å². The molecule has 1 aromatic heterocycles. The summed E-state index contributed by atoms with van der Waals surface area (Å²) in [6.45, 7) is 1.01. The van der Waals surface area contributed by atoms with Gasteiger partial charge in [0.25, 0.3) is 5.91 Å². The maximum atomic E-state index is 14.0. The minimum atomic E-state index is -0.467. The molecule has 3 aromatic rings. The van der Waals surface area contributed by atoms with Gasteiger partial charge in [0.15, 0.2) is 5.13 Å². The van der Waals surface area contributed by atoms with E-state index < -0.39 is 11.8 Å². The molecular formula is C20H20FN3O3S. The molecule has 0 atom stereocenters. The quantitative estimate of drug-likeness (QED) is 0.592. The number of halogens is 1. The first-order valence-corrected chi connectivity index (χ1v) is 9.42. The lowest BCUT2D eigenvalue weighted by atomic mass is 10.1. The molecule has 0 saturated carbocycles. The first kappa shape index (κ1) is 19.9. The second-order valence-corrected chi connectivity index (χ2v) is 7.42. The average Bonchev–Trinajstić information content (AvgIpc) is 3.12. The Morgan fingerprint density at radius 1 is 1.07 bits per heavy atom. The normalized spacial score (nSPS) is 11.0. The van der Waals surface area contributed by atoms with Crippen molar-refractivity contribution >= 4 is 38.6 Å². The maximum Gasteiger partial charge on any atom is 0.337 e. The van der Waals surface area contributed by atoms with E-state index in [1.807, 2.05) is 19.0 Å². The molecule has 0 aliphatic rings. The smallest absolute Gasteiger partial charge is 0.337 e. The minimum absolute atomic E-state index is 0.256. The number of hydrogen-bond donors (Lipinski definition) is 0. The van der Waals surface area contributed by atoms with Crippen molar-refractivity contribution in [3.05, 3.63) is 59.4 Å². The number of thiazole rings is 1. The topological polar surface area (TPSA) is 62.7 Å². The van der Waals surface area contributed by atoms with Crippen molar-refractivity contribution in [3.8, 4) is 0 Å². The summed E-state index contributed by atoms with van der Waals surface area (Å²) in [7, 11) is 5.12. The number of esters is 1. The number of likely N-dealkylation sites (N-methyl/N-ethyl adjacent to an activating group) is 1. The molecular weight excluding hydrogens is 381 g/mol. The number of rotatable bonds is 6. The first-order valence-electron chi connectivity index (χ1n) is 8.60. The van der Waals surface area contributed by atoms with E-state index in [0.29, 0.717) is 34.0 Å². The van der Waals surface area contributed by atoms with Crippen LogP contribution in [0.4, 0.5) is 9.52 Å². The number of carbonyl (C=O) groups excluding carboxylic acids is 2. The number of carbonyl (C=O) groups is 2. The van der Waals surface area contributed by atoms with E-state index >= 15 is 0 Å². The second kappa shape index (κ2) is 8.45. The third kappa shape index (κ3) is 4.18. The highest BCUT2D eigenvalue weighted by molar-refractivity contribution is 7.22. The van der Waals surface area contributed by atoms with Gasteiger partial charge in [-0.15, -0.1) is 0 Å². The van der Waals surface area contributed by atoms with Crippen LogP contribution in [0.15, 0.2) is 42.5 Å². The van der Waals surface area contributed by atoms with Crippen LogP contribution in [0.3, 0.4) is 0 Å². The van der Waals surface area contributed by atoms with Gasteiger partial charge in [-0.25, -0.2) is 14.2 Å². The van der Waals surface area contributed by atoms with Gasteiger partial charge in [-0.3, -0.25) is 9.69 Å². The van der Waals surface area contributed by atoms with Crippen molar-refractivity contribution in [1.82, 2.24) is 9.88 Å². The van der Waals surface area contributed by atoms with E-state index in [-0.39, 0.29) is 11.4 Å². The highest BCUT2D eigenvalue weighted by Crippen LogP contribution is 2.31. The lowest BCUT2D eigenvalue weighted by molar-refractivity contribution is 0.0600. The van der Waals surface area contributed by atoms with E-state index in [1.54, 1.807) is 36.4 Å². The van der Waals surface area contributed by atoms with Gasteiger partial charge < -0.3 is 9.64 Å². The van der Waals surface area contributed by atoms with Crippen LogP contribution in [0.5, 0.6) is 0 Å². The number of nitrogens with zero attached hydrogens (tertiary/aromatic N) is 3. The number of hydrogen-bond acceptors (Lipinski definition) is 6. The standard InChI is InChI=1S/C20H20FN3O3S/c1-23(2)11-12-24(20-22-17-15(21)5-4-6-16(17)28-20)18(25)13-7-9-14(10-8-13)19(26)27-3/h4-10H,11-12H2,1-3H3. The van der Waals surface area contributed by atoms with Crippen molar-refractivity contribution in [2.75, 3.05) is 39.2 Å². The zero-order chi connectivity index (χ0) is 20.3. The highest BCUT2D eigenvalue weighted by Gasteiger charge is 2.22. The SMILES string of the molecule is COC(=O)c1ccc(C(=O)N(CCN(C)C)c2nc3c(F)cccc3s2)cc1. The molecule has 2 aromatic carbocycles. The van der Waals surface area contributed by atoms with Crippen LogP contribution in [-0.2, 0) is 4.74 Å². The van der Waals surface area contributed by atoms with Crippen LogP contribution < -0.4 is 4.90 Å². The van der Waals surface area contributed by atoms with Crippen LogP contribution in [0, 0.1) is 5.82 Å². The fourth-order valence-corrected chi connectivity index (χ4v) is 3.63. The van der Waals surface area contributed by atoms with Crippen LogP contribution >= 0.6 is 11.3 Å². The summed E-state index contributed by atoms with van der Waals surface area (Å²) in [4.78, 5) is 32.6. The third-order valence-corrected chi connectivity index (χ3v) is 5.20. The van der Waals surface area contributed by atoms with Crippen molar-refractivity contribution in [2.45, 2.75) is 0 Å². The molecule has 0 saturated heterocycles. The zero-order valence-corrected chi connectivity index (χ0v) is 16.6.